The van der Waals surface area contributed by atoms with Gasteiger partial charge in [-0.3, -0.25) is 28.8 Å². The van der Waals surface area contributed by atoms with Crippen molar-refractivity contribution in [3.05, 3.63) is 5.73 Å². The summed E-state index contributed by atoms with van der Waals surface area (Å²) < 4.78 is 21.2. The smallest absolute Gasteiger partial charge is 0.326 e. The zero-order valence-electron chi connectivity index (χ0n) is 42.2. The van der Waals surface area contributed by atoms with E-state index >= 15 is 0 Å². The fourth-order valence-electron chi connectivity index (χ4n) is 5.79. The fraction of sp³-hybridized carbons (Fsp3) is 0.848. The summed E-state index contributed by atoms with van der Waals surface area (Å²) in [6.45, 7) is 9.70. The van der Waals surface area contributed by atoms with Crippen LogP contribution in [0.2, 0.25) is 0 Å². The summed E-state index contributed by atoms with van der Waals surface area (Å²) in [5.74, 6) is -4.40. The summed E-state index contributed by atoms with van der Waals surface area (Å²) in [5.41, 5.74) is 7.30. The Morgan fingerprint density at radius 2 is 0.838 bits per heavy atom. The third kappa shape index (κ3) is 61.0. The predicted octanol–water partition coefficient (Wildman–Crippen LogP) is 6.51. The Labute approximate surface area is 425 Å². The Kier molecular flexibility index (Phi) is 69.7. The maximum atomic E-state index is 12.3. The van der Waals surface area contributed by atoms with Gasteiger partial charge in [-0.2, -0.15) is 12.6 Å². The van der Waals surface area contributed by atoms with E-state index in [1.807, 2.05) is 27.7 Å². The molecule has 1 radical (unpaired) electrons. The molecule has 22 heteroatoms. The zero-order valence-corrected chi connectivity index (χ0v) is 44.5. The number of carboxylic acids is 3. The Hall–Kier alpha value is -3.02. The first kappa shape index (κ1) is 76.5. The minimum Gasteiger partial charge on any atom is -0.665 e. The van der Waals surface area contributed by atoms with Crippen molar-refractivity contribution in [3.63, 3.8) is 0 Å². The van der Waals surface area contributed by atoms with E-state index in [1.165, 1.54) is 38.5 Å². The fourth-order valence-corrected chi connectivity index (χ4v) is 5.79. The van der Waals surface area contributed by atoms with Crippen molar-refractivity contribution >= 4 is 54.2 Å². The standard InChI is InChI=1S/C41H74N5O14.2C2H6.CH4S.H3N.V/c42-33(40(53)54)17-15-16-22-43-37(49)31-59-29-28-58-26-24-45-38(50)32-60-30-27-57-25-23-44-35(47)21-20-34(41(55)56)46-36(48)18-13-11-9-7-5-3-1-2-4-6-8-10-12-14-19-39(51)52;3*1-2;;/h33-34,42H,1-32H2,(H,43,49)(H,44,47)(H,45,50)(H,46,48)(H,51,52)(H,53,54)(H,55,56);2*1-2H3;2H,1H3;1H3;/q-1;;;;;. The van der Waals surface area contributed by atoms with Gasteiger partial charge in [0.2, 0.25) is 23.6 Å². The molecule has 0 aliphatic heterocycles. The summed E-state index contributed by atoms with van der Waals surface area (Å²) in [7, 11) is 0. The Bertz CT molecular complexity index is 1200. The van der Waals surface area contributed by atoms with Crippen molar-refractivity contribution in [2.45, 2.75) is 175 Å². The number of hydrogen-bond acceptors (Lipinski definition) is 13. The molecule has 68 heavy (non-hydrogen) atoms. The monoisotopic (exact) mass is 1040 g/mol. The van der Waals surface area contributed by atoms with Crippen LogP contribution in [0.5, 0.6) is 0 Å². The molecule has 4 amide bonds. The van der Waals surface area contributed by atoms with Crippen molar-refractivity contribution in [2.24, 2.45) is 0 Å². The first-order chi connectivity index (χ1) is 31.9. The Balaban J connectivity index is -0.00000115. The van der Waals surface area contributed by atoms with Crippen LogP contribution in [0.15, 0.2) is 0 Å². The molecule has 0 aromatic carbocycles. The molecular formula is C46H93N6O14SV-. The summed E-state index contributed by atoms with van der Waals surface area (Å²) in [5, 5.41) is 37.3. The molecule has 0 rings (SSSR count). The van der Waals surface area contributed by atoms with Gasteiger partial charge in [-0.15, -0.1) is 0 Å². The summed E-state index contributed by atoms with van der Waals surface area (Å²) in [4.78, 5) is 80.8. The molecule has 2 unspecified atom stereocenters. The van der Waals surface area contributed by atoms with Crippen LogP contribution in [-0.2, 0) is 71.1 Å². The number of aliphatic carboxylic acids is 3. The predicted molar refractivity (Wildman–Crippen MR) is 265 cm³/mol. The van der Waals surface area contributed by atoms with E-state index in [0.29, 0.717) is 25.8 Å². The Morgan fingerprint density at radius 1 is 0.456 bits per heavy atom. The maximum absolute atomic E-state index is 12.3. The molecular weight excluding hydrogens is 944 g/mol. The van der Waals surface area contributed by atoms with Gasteiger partial charge in [0, 0.05) is 57.5 Å². The minimum absolute atomic E-state index is 0. The Morgan fingerprint density at radius 3 is 1.25 bits per heavy atom. The van der Waals surface area contributed by atoms with Gasteiger partial charge >= 0.3 is 11.9 Å². The minimum atomic E-state index is -1.19. The van der Waals surface area contributed by atoms with Gasteiger partial charge in [0.25, 0.3) is 5.97 Å². The summed E-state index contributed by atoms with van der Waals surface area (Å²) in [6.07, 6.45) is 18.4. The molecule has 0 aromatic rings. The second-order valence-electron chi connectivity index (χ2n) is 14.6. The molecule has 0 aliphatic rings. The number of nitrogens with one attached hydrogen (secondary N) is 5. The molecule has 11 N–H and O–H groups in total. The van der Waals surface area contributed by atoms with E-state index in [0.717, 1.165) is 44.9 Å². The van der Waals surface area contributed by atoms with E-state index < -0.39 is 30.0 Å². The first-order valence-corrected chi connectivity index (χ1v) is 25.1. The van der Waals surface area contributed by atoms with Crippen molar-refractivity contribution in [1.29, 1.82) is 0 Å². The zero-order chi connectivity index (χ0) is 50.5. The number of carboxylic acid groups (broad SMARTS) is 3. The molecule has 20 nitrogen and oxygen atoms in total. The number of hydrogen-bond donors (Lipinski definition) is 9. The number of carbonyl (C=O) groups excluding carboxylic acids is 4. The topological polar surface area (TPSA) is 324 Å². The van der Waals surface area contributed by atoms with Crippen LogP contribution < -0.4 is 27.4 Å². The maximum Gasteiger partial charge on any atom is 0.326 e. The van der Waals surface area contributed by atoms with Crippen molar-refractivity contribution in [3.8, 4) is 0 Å². The van der Waals surface area contributed by atoms with E-state index in [2.05, 4.69) is 33.9 Å². The molecule has 0 aromatic heterocycles. The second-order valence-corrected chi connectivity index (χ2v) is 14.6. The van der Waals surface area contributed by atoms with E-state index in [4.69, 9.17) is 34.9 Å². The average molecular weight is 1040 g/mol. The van der Waals surface area contributed by atoms with Crippen LogP contribution in [0.4, 0.5) is 0 Å². The average Bonchev–Trinajstić information content (AvgIpc) is 3.30. The second kappa shape index (κ2) is 62.0. The SMILES string of the molecule is CC.CC.CS.N.[NH-]C(CCCCNC(=O)COCCOCCNC(=O)COCCOCCNC(=O)CCC(NC(=O)CCCCCCCCCCCCCCCCC(=O)O)C(=O)O)C(=O)O.[V]. The number of amides is 4. The third-order valence-electron chi connectivity index (χ3n) is 9.23. The van der Waals surface area contributed by atoms with Gasteiger partial charge in [-0.25, -0.2) is 4.79 Å². The third-order valence-corrected chi connectivity index (χ3v) is 9.23. The molecule has 0 spiro atoms. The van der Waals surface area contributed by atoms with E-state index in [-0.39, 0.29) is 146 Å². The molecule has 0 fully saturated rings. The first-order valence-electron chi connectivity index (χ1n) is 24.2. The number of rotatable bonds is 44. The van der Waals surface area contributed by atoms with Crippen LogP contribution >= 0.6 is 12.6 Å². The normalized spacial score (nSPS) is 10.9. The van der Waals surface area contributed by atoms with Gasteiger partial charge in [0.05, 0.1) is 39.6 Å². The molecule has 0 bridgehead atoms. The quantitative estimate of drug-likeness (QED) is 0.0232. The summed E-state index contributed by atoms with van der Waals surface area (Å²) >= 11 is 3.53. The molecule has 2 atom stereocenters. The van der Waals surface area contributed by atoms with Crippen LogP contribution in [0, 0.1) is 0 Å². The molecule has 0 saturated heterocycles. The van der Waals surface area contributed by atoms with Crippen molar-refractivity contribution < 1.29 is 86.4 Å². The number of thiol groups is 1. The van der Waals surface area contributed by atoms with E-state index in [9.17, 15) is 38.7 Å². The van der Waals surface area contributed by atoms with Gasteiger partial charge in [-0.1, -0.05) is 118 Å². The van der Waals surface area contributed by atoms with Gasteiger partial charge in [-0.05, 0) is 38.0 Å². The molecule has 0 aliphatic carbocycles. The number of carbonyl (C=O) groups is 7. The number of ether oxygens (including phenoxy) is 4. The van der Waals surface area contributed by atoms with Gasteiger partial charge in [0.1, 0.15) is 19.3 Å². The van der Waals surface area contributed by atoms with Crippen LogP contribution in [-0.4, -0.2) is 148 Å². The molecule has 403 valence electrons. The van der Waals surface area contributed by atoms with Crippen LogP contribution in [0.1, 0.15) is 163 Å². The van der Waals surface area contributed by atoms with Crippen LogP contribution in [0.3, 0.4) is 0 Å². The van der Waals surface area contributed by atoms with Crippen molar-refractivity contribution in [1.82, 2.24) is 27.4 Å². The van der Waals surface area contributed by atoms with Gasteiger partial charge in [0.15, 0.2) is 0 Å². The largest absolute Gasteiger partial charge is 0.665 e. The van der Waals surface area contributed by atoms with E-state index in [1.54, 1.807) is 6.26 Å². The number of unbranched alkanes of at least 4 members (excludes halogenated alkanes) is 14. The molecule has 0 heterocycles. The van der Waals surface area contributed by atoms with Crippen LogP contribution in [0.25, 0.3) is 5.73 Å². The molecule has 0 saturated carbocycles. The van der Waals surface area contributed by atoms with Gasteiger partial charge < -0.3 is 67.4 Å². The van der Waals surface area contributed by atoms with Crippen molar-refractivity contribution in [2.75, 3.05) is 78.7 Å². The summed E-state index contributed by atoms with van der Waals surface area (Å²) in [6, 6.07) is -2.29.